The minimum atomic E-state index is 0.0175. The predicted molar refractivity (Wildman–Crippen MR) is 92.2 cm³/mol. The molecule has 1 saturated carbocycles. The van der Waals surface area contributed by atoms with Crippen molar-refractivity contribution < 1.29 is 4.79 Å². The molecule has 22 heavy (non-hydrogen) atoms. The van der Waals surface area contributed by atoms with E-state index in [9.17, 15) is 4.79 Å². The second kappa shape index (κ2) is 7.04. The van der Waals surface area contributed by atoms with Gasteiger partial charge in [0.15, 0.2) is 5.78 Å². The predicted octanol–water partition coefficient (Wildman–Crippen LogP) is 5.15. The van der Waals surface area contributed by atoms with Crippen molar-refractivity contribution in [1.82, 2.24) is 0 Å². The van der Waals surface area contributed by atoms with E-state index < -0.39 is 0 Å². The Morgan fingerprint density at radius 1 is 0.864 bits per heavy atom. The Labute approximate surface area is 132 Å². The van der Waals surface area contributed by atoms with Crippen LogP contribution in [0.15, 0.2) is 72.3 Å². The summed E-state index contributed by atoms with van der Waals surface area (Å²) < 4.78 is 0. The average molecular weight is 288 g/mol. The normalized spacial score (nSPS) is 20.6. The van der Waals surface area contributed by atoms with Crippen LogP contribution in [0.25, 0.3) is 12.2 Å². The average Bonchev–Trinajstić information content (AvgIpc) is 2.58. The summed E-state index contributed by atoms with van der Waals surface area (Å²) in [6, 6.07) is 20.3. The molecule has 1 nitrogen and oxygen atoms in total. The zero-order valence-electron chi connectivity index (χ0n) is 12.6. The van der Waals surface area contributed by atoms with E-state index in [1.165, 1.54) is 0 Å². The van der Waals surface area contributed by atoms with E-state index in [0.29, 0.717) is 0 Å². The molecule has 0 heterocycles. The maximum atomic E-state index is 12.6. The van der Waals surface area contributed by atoms with Crippen LogP contribution in [0.1, 0.15) is 30.4 Å². The van der Waals surface area contributed by atoms with Gasteiger partial charge in [0.2, 0.25) is 0 Å². The lowest BCUT2D eigenvalue weighted by molar-refractivity contribution is -0.118. The molecule has 1 aliphatic carbocycles. The van der Waals surface area contributed by atoms with Crippen molar-refractivity contribution in [3.63, 3.8) is 0 Å². The van der Waals surface area contributed by atoms with E-state index in [0.717, 1.165) is 36.0 Å². The summed E-state index contributed by atoms with van der Waals surface area (Å²) in [6.45, 7) is 0. The van der Waals surface area contributed by atoms with Gasteiger partial charge in [-0.2, -0.15) is 0 Å². The van der Waals surface area contributed by atoms with Gasteiger partial charge in [-0.3, -0.25) is 4.79 Å². The van der Waals surface area contributed by atoms with Crippen molar-refractivity contribution in [2.45, 2.75) is 19.3 Å². The van der Waals surface area contributed by atoms with Gasteiger partial charge in [0.05, 0.1) is 0 Å². The number of carbonyl (C=O) groups excluding carboxylic acids is 1. The van der Waals surface area contributed by atoms with Gasteiger partial charge in [0, 0.05) is 5.92 Å². The number of hydrogen-bond donors (Lipinski definition) is 0. The minimum Gasteiger partial charge on any atom is -0.294 e. The topological polar surface area (TPSA) is 17.1 Å². The van der Waals surface area contributed by atoms with Crippen molar-refractivity contribution in [2.75, 3.05) is 0 Å². The van der Waals surface area contributed by atoms with E-state index in [1.807, 2.05) is 54.6 Å². The molecule has 2 aromatic carbocycles. The number of hydrogen-bond acceptors (Lipinski definition) is 1. The number of allylic oxidation sites excluding steroid dienone is 2. The zero-order valence-corrected chi connectivity index (χ0v) is 12.6. The smallest absolute Gasteiger partial charge is 0.165 e. The Bertz CT molecular complexity index is 680. The quantitative estimate of drug-likeness (QED) is 0.714. The third-order valence-corrected chi connectivity index (χ3v) is 4.08. The first-order chi connectivity index (χ1) is 10.8. The molecule has 0 bridgehead atoms. The van der Waals surface area contributed by atoms with E-state index in [-0.39, 0.29) is 11.7 Å². The number of ketones is 1. The molecule has 1 aliphatic rings. The molecule has 0 radical (unpaired) electrons. The number of rotatable bonds is 3. The molecule has 3 rings (SSSR count). The third-order valence-electron chi connectivity index (χ3n) is 4.08. The molecule has 1 unspecified atom stereocenters. The molecule has 110 valence electrons. The SMILES string of the molecule is O=C1C(=Cc2ccccc2)CCCC1C=Cc1ccccc1. The van der Waals surface area contributed by atoms with Crippen LogP contribution in [0.3, 0.4) is 0 Å². The molecule has 2 aromatic rings. The molecule has 1 heteroatoms. The Morgan fingerprint density at radius 3 is 2.18 bits per heavy atom. The van der Waals surface area contributed by atoms with Crippen LogP contribution in [0, 0.1) is 5.92 Å². The molecule has 0 amide bonds. The Balaban J connectivity index is 1.76. The van der Waals surface area contributed by atoms with Crippen molar-refractivity contribution >= 4 is 17.9 Å². The Kier molecular flexibility index (Phi) is 4.65. The van der Waals surface area contributed by atoms with Crippen LogP contribution in [0.2, 0.25) is 0 Å². The molecular formula is C21H20O. The lowest BCUT2D eigenvalue weighted by atomic mass is 9.83. The second-order valence-corrected chi connectivity index (χ2v) is 5.71. The minimum absolute atomic E-state index is 0.0175. The first-order valence-electron chi connectivity index (χ1n) is 7.86. The maximum absolute atomic E-state index is 12.6. The highest BCUT2D eigenvalue weighted by molar-refractivity contribution is 6.02. The highest BCUT2D eigenvalue weighted by atomic mass is 16.1. The van der Waals surface area contributed by atoms with Crippen LogP contribution in [-0.2, 0) is 4.79 Å². The second-order valence-electron chi connectivity index (χ2n) is 5.71. The largest absolute Gasteiger partial charge is 0.294 e. The molecular weight excluding hydrogens is 268 g/mol. The summed E-state index contributed by atoms with van der Waals surface area (Å²) in [5.74, 6) is 0.297. The monoisotopic (exact) mass is 288 g/mol. The van der Waals surface area contributed by atoms with E-state index in [1.54, 1.807) is 0 Å². The first kappa shape index (κ1) is 14.5. The molecule has 0 N–H and O–H groups in total. The zero-order chi connectivity index (χ0) is 15.2. The van der Waals surface area contributed by atoms with Crippen molar-refractivity contribution in [1.29, 1.82) is 0 Å². The first-order valence-corrected chi connectivity index (χ1v) is 7.86. The molecule has 0 saturated heterocycles. The van der Waals surface area contributed by atoms with Gasteiger partial charge in [-0.1, -0.05) is 72.8 Å². The van der Waals surface area contributed by atoms with Crippen LogP contribution >= 0.6 is 0 Å². The molecule has 0 aliphatic heterocycles. The van der Waals surface area contributed by atoms with Gasteiger partial charge in [0.1, 0.15) is 0 Å². The van der Waals surface area contributed by atoms with Crippen LogP contribution in [-0.4, -0.2) is 5.78 Å². The summed E-state index contributed by atoms with van der Waals surface area (Å²) in [7, 11) is 0. The summed E-state index contributed by atoms with van der Waals surface area (Å²) >= 11 is 0. The van der Waals surface area contributed by atoms with Crippen LogP contribution in [0.4, 0.5) is 0 Å². The molecule has 1 fully saturated rings. The highest BCUT2D eigenvalue weighted by Crippen LogP contribution is 2.28. The van der Waals surface area contributed by atoms with Crippen molar-refractivity contribution in [2.24, 2.45) is 5.92 Å². The van der Waals surface area contributed by atoms with Crippen molar-refractivity contribution in [3.8, 4) is 0 Å². The number of benzene rings is 2. The highest BCUT2D eigenvalue weighted by Gasteiger charge is 2.24. The fourth-order valence-corrected chi connectivity index (χ4v) is 2.87. The van der Waals surface area contributed by atoms with Gasteiger partial charge in [-0.25, -0.2) is 0 Å². The van der Waals surface area contributed by atoms with Crippen LogP contribution in [0.5, 0.6) is 0 Å². The van der Waals surface area contributed by atoms with Crippen LogP contribution < -0.4 is 0 Å². The van der Waals surface area contributed by atoms with Gasteiger partial charge >= 0.3 is 0 Å². The van der Waals surface area contributed by atoms with Gasteiger partial charge < -0.3 is 0 Å². The number of carbonyl (C=O) groups is 1. The molecule has 0 spiro atoms. The standard InChI is InChI=1S/C21H20O/c22-21-19(15-14-17-8-3-1-4-9-17)12-7-13-20(21)16-18-10-5-2-6-11-18/h1-6,8-11,14-16,19H,7,12-13H2. The fraction of sp³-hybridized carbons (Fsp3) is 0.190. The lowest BCUT2D eigenvalue weighted by Crippen LogP contribution is -2.19. The summed E-state index contributed by atoms with van der Waals surface area (Å²) in [5, 5.41) is 0. The Hall–Kier alpha value is -2.41. The van der Waals surface area contributed by atoms with Gasteiger partial charge in [0.25, 0.3) is 0 Å². The van der Waals surface area contributed by atoms with Gasteiger partial charge in [-0.05, 0) is 42.0 Å². The fourth-order valence-electron chi connectivity index (χ4n) is 2.87. The van der Waals surface area contributed by atoms with E-state index >= 15 is 0 Å². The summed E-state index contributed by atoms with van der Waals surface area (Å²) in [4.78, 5) is 12.6. The van der Waals surface area contributed by atoms with E-state index in [2.05, 4.69) is 24.3 Å². The molecule has 0 aromatic heterocycles. The Morgan fingerprint density at radius 2 is 1.50 bits per heavy atom. The van der Waals surface area contributed by atoms with Gasteiger partial charge in [-0.15, -0.1) is 0 Å². The van der Waals surface area contributed by atoms with E-state index in [4.69, 9.17) is 0 Å². The maximum Gasteiger partial charge on any atom is 0.165 e. The summed E-state index contributed by atoms with van der Waals surface area (Å²) in [5.41, 5.74) is 3.22. The van der Waals surface area contributed by atoms with Crippen molar-refractivity contribution in [3.05, 3.63) is 83.4 Å². The third kappa shape index (κ3) is 3.62. The summed E-state index contributed by atoms with van der Waals surface area (Å²) in [6.07, 6.45) is 9.10. The lowest BCUT2D eigenvalue weighted by Gasteiger charge is -2.20. The number of Topliss-reactive ketones (excluding diaryl/α,β-unsaturated/α-hetero) is 1. The molecule has 1 atom stereocenters.